The Morgan fingerprint density at radius 2 is 1.47 bits per heavy atom. The van der Waals surface area contributed by atoms with Crippen molar-refractivity contribution in [1.82, 2.24) is 0 Å². The van der Waals surface area contributed by atoms with E-state index in [4.69, 9.17) is 11.8 Å². The van der Waals surface area contributed by atoms with Gasteiger partial charge in [0, 0.05) is 5.25 Å². The van der Waals surface area contributed by atoms with Crippen LogP contribution in [-0.2, 0) is 11.8 Å². The van der Waals surface area contributed by atoms with E-state index in [9.17, 15) is 9.79 Å². The minimum atomic E-state index is -3.10. The van der Waals surface area contributed by atoms with Gasteiger partial charge < -0.3 is 9.79 Å². The summed E-state index contributed by atoms with van der Waals surface area (Å²) in [7, 11) is 0. The second kappa shape index (κ2) is 11.6. The molecule has 1 atom stereocenters. The highest BCUT2D eigenvalue weighted by Gasteiger charge is 2.18. The molecule has 0 saturated heterocycles. The fourth-order valence-corrected chi connectivity index (χ4v) is 5.99. The molecule has 0 spiro atoms. The molecule has 2 nitrogen and oxygen atoms in total. The first-order valence-electron chi connectivity index (χ1n) is 7.59. The van der Waals surface area contributed by atoms with Gasteiger partial charge in [-0.3, -0.25) is 0 Å². The highest BCUT2D eigenvalue weighted by atomic mass is 32.9. The molecule has 0 aliphatic heterocycles. The second-order valence-electron chi connectivity index (χ2n) is 5.75. The highest BCUT2D eigenvalue weighted by Crippen LogP contribution is 2.54. The smallest absolute Gasteiger partial charge is 0.242 e. The fourth-order valence-electron chi connectivity index (χ4n) is 2.17. The van der Waals surface area contributed by atoms with Crippen molar-refractivity contribution in [3.8, 4) is 0 Å². The average molecular weight is 327 g/mol. The van der Waals surface area contributed by atoms with Crippen molar-refractivity contribution >= 4 is 28.9 Å². The number of hydrogen-bond donors (Lipinski definition) is 2. The third-order valence-electron chi connectivity index (χ3n) is 3.22. The summed E-state index contributed by atoms with van der Waals surface area (Å²) >= 11 is 6.02. The highest BCUT2D eigenvalue weighted by molar-refractivity contribution is 8.67. The normalized spacial score (nSPS) is 14.0. The van der Waals surface area contributed by atoms with Gasteiger partial charge in [-0.1, -0.05) is 77.1 Å². The molecule has 116 valence electrons. The molecule has 0 radical (unpaired) electrons. The molecule has 0 aliphatic carbocycles. The molecular formula is C14H31O2PS2. The first-order chi connectivity index (χ1) is 8.85. The lowest BCUT2D eigenvalue weighted by Crippen LogP contribution is -2.03. The molecule has 1 unspecified atom stereocenters. The summed E-state index contributed by atoms with van der Waals surface area (Å²) in [5.41, 5.74) is -3.10. The molecule has 0 aromatic heterocycles. The van der Waals surface area contributed by atoms with Crippen molar-refractivity contribution < 1.29 is 9.79 Å². The van der Waals surface area contributed by atoms with Crippen molar-refractivity contribution in [2.24, 2.45) is 5.92 Å². The minimum absolute atomic E-state index is 0.338. The summed E-state index contributed by atoms with van der Waals surface area (Å²) in [6.45, 7) is 6.70. The third-order valence-corrected chi connectivity index (χ3v) is 6.76. The van der Waals surface area contributed by atoms with Crippen molar-refractivity contribution in [2.45, 2.75) is 83.8 Å². The average Bonchev–Trinajstić information content (AvgIpc) is 2.27. The Labute approximate surface area is 128 Å². The Bertz CT molecular complexity index is 254. The van der Waals surface area contributed by atoms with Gasteiger partial charge in [0.25, 0.3) is 0 Å². The van der Waals surface area contributed by atoms with Crippen molar-refractivity contribution in [2.75, 3.05) is 0 Å². The predicted octanol–water partition coefficient (Wildman–Crippen LogP) is 5.48. The van der Waals surface area contributed by atoms with Crippen LogP contribution in [0.2, 0.25) is 0 Å². The molecule has 0 aromatic carbocycles. The topological polar surface area (TPSA) is 40.5 Å². The van der Waals surface area contributed by atoms with E-state index in [2.05, 4.69) is 20.8 Å². The molecule has 0 saturated carbocycles. The maximum absolute atomic E-state index is 9.48. The van der Waals surface area contributed by atoms with Gasteiger partial charge in [-0.15, -0.1) is 0 Å². The molecule has 5 heteroatoms. The molecule has 0 fully saturated rings. The van der Waals surface area contributed by atoms with E-state index in [0.717, 1.165) is 18.8 Å². The van der Waals surface area contributed by atoms with E-state index < -0.39 is 5.69 Å². The molecule has 0 amide bonds. The van der Waals surface area contributed by atoms with Crippen LogP contribution < -0.4 is 0 Å². The van der Waals surface area contributed by atoms with Crippen LogP contribution in [0.4, 0.5) is 0 Å². The van der Waals surface area contributed by atoms with Gasteiger partial charge >= 0.3 is 0 Å². The van der Waals surface area contributed by atoms with Gasteiger partial charge in [0.1, 0.15) is 0 Å². The fraction of sp³-hybridized carbons (Fsp3) is 1.00. The van der Waals surface area contributed by atoms with Gasteiger partial charge in [0.15, 0.2) is 0 Å². The van der Waals surface area contributed by atoms with Crippen LogP contribution in [-0.4, -0.2) is 15.0 Å². The third kappa shape index (κ3) is 15.1. The van der Waals surface area contributed by atoms with Gasteiger partial charge in [0.2, 0.25) is 5.69 Å². The predicted molar refractivity (Wildman–Crippen MR) is 92.2 cm³/mol. The first kappa shape index (κ1) is 19.9. The standard InChI is InChI=1S/C14H31O2PS2/c1-4-5-6-7-11-14(19-17(15,16)18)12-9-8-10-13(2)3/h13-14H,4-12H2,1-3H3,(H2,15,16,18). The summed E-state index contributed by atoms with van der Waals surface area (Å²) in [6, 6.07) is 0. The van der Waals surface area contributed by atoms with E-state index in [1.165, 1.54) is 56.3 Å². The van der Waals surface area contributed by atoms with E-state index in [0.29, 0.717) is 5.25 Å². The van der Waals surface area contributed by atoms with Crippen LogP contribution in [0.1, 0.15) is 78.6 Å². The molecular weight excluding hydrogens is 295 g/mol. The molecule has 19 heavy (non-hydrogen) atoms. The minimum Gasteiger partial charge on any atom is -0.338 e. The lowest BCUT2D eigenvalue weighted by atomic mass is 10.0. The van der Waals surface area contributed by atoms with Crippen LogP contribution in [0.3, 0.4) is 0 Å². The summed E-state index contributed by atoms with van der Waals surface area (Å²) in [6.07, 6.45) is 10.8. The molecule has 0 heterocycles. The van der Waals surface area contributed by atoms with Crippen LogP contribution >= 0.6 is 17.1 Å². The van der Waals surface area contributed by atoms with Crippen LogP contribution in [0, 0.1) is 5.92 Å². The summed E-state index contributed by atoms with van der Waals surface area (Å²) in [5.74, 6) is 0.761. The van der Waals surface area contributed by atoms with E-state index in [-0.39, 0.29) is 0 Å². The van der Waals surface area contributed by atoms with Crippen molar-refractivity contribution in [3.63, 3.8) is 0 Å². The van der Waals surface area contributed by atoms with E-state index >= 15 is 0 Å². The van der Waals surface area contributed by atoms with Crippen LogP contribution in [0.15, 0.2) is 0 Å². The lowest BCUT2D eigenvalue weighted by Gasteiger charge is -2.19. The molecule has 0 bridgehead atoms. The lowest BCUT2D eigenvalue weighted by molar-refractivity contribution is 0.497. The molecule has 0 rings (SSSR count). The van der Waals surface area contributed by atoms with E-state index in [1.54, 1.807) is 0 Å². The number of hydrogen-bond acceptors (Lipinski definition) is 2. The largest absolute Gasteiger partial charge is 0.338 e. The molecule has 2 N–H and O–H groups in total. The van der Waals surface area contributed by atoms with Gasteiger partial charge in [-0.05, 0) is 30.6 Å². The molecule has 0 aromatic rings. The van der Waals surface area contributed by atoms with Crippen LogP contribution in [0.25, 0.3) is 0 Å². The summed E-state index contributed by atoms with van der Waals surface area (Å²) in [5, 5.41) is 0.338. The maximum Gasteiger partial charge on any atom is 0.242 e. The Balaban J connectivity index is 3.93. The quantitative estimate of drug-likeness (QED) is 0.368. The Morgan fingerprint density at radius 3 is 1.95 bits per heavy atom. The summed E-state index contributed by atoms with van der Waals surface area (Å²) in [4.78, 5) is 19.0. The Morgan fingerprint density at radius 1 is 0.947 bits per heavy atom. The summed E-state index contributed by atoms with van der Waals surface area (Å²) < 4.78 is 0. The first-order valence-corrected chi connectivity index (χ1v) is 11.8. The molecule has 0 aliphatic rings. The van der Waals surface area contributed by atoms with Crippen LogP contribution in [0.5, 0.6) is 0 Å². The SMILES string of the molecule is CCCCCCC(CCCCC(C)C)SP(O)(O)=S. The zero-order valence-corrected chi connectivity index (χ0v) is 15.2. The van der Waals surface area contributed by atoms with E-state index in [1.807, 2.05) is 0 Å². The Hall–Kier alpha value is 0.920. The van der Waals surface area contributed by atoms with Crippen molar-refractivity contribution in [3.05, 3.63) is 0 Å². The number of rotatable bonds is 12. The van der Waals surface area contributed by atoms with Crippen molar-refractivity contribution in [1.29, 1.82) is 0 Å². The van der Waals surface area contributed by atoms with Gasteiger partial charge in [-0.25, -0.2) is 0 Å². The second-order valence-corrected chi connectivity index (χ2v) is 12.0. The zero-order valence-electron chi connectivity index (χ0n) is 12.7. The monoisotopic (exact) mass is 326 g/mol. The zero-order chi connectivity index (χ0) is 14.7. The Kier molecular flexibility index (Phi) is 12.1. The number of unbranched alkanes of at least 4 members (excludes halogenated alkanes) is 4. The van der Waals surface area contributed by atoms with Gasteiger partial charge in [-0.2, -0.15) is 0 Å². The maximum atomic E-state index is 9.48. The van der Waals surface area contributed by atoms with Gasteiger partial charge in [0.05, 0.1) is 0 Å².